The number of aromatic hydroxyl groups is 1. The second-order valence-electron chi connectivity index (χ2n) is 4.59. The second-order valence-corrected chi connectivity index (χ2v) is 4.59. The van der Waals surface area contributed by atoms with Gasteiger partial charge in [0.05, 0.1) is 18.4 Å². The summed E-state index contributed by atoms with van der Waals surface area (Å²) in [6.07, 6.45) is 0. The van der Waals surface area contributed by atoms with Crippen LogP contribution < -0.4 is 5.32 Å². The Morgan fingerprint density at radius 1 is 1.24 bits per heavy atom. The summed E-state index contributed by atoms with van der Waals surface area (Å²) in [4.78, 5) is 26.8. The lowest BCUT2D eigenvalue weighted by molar-refractivity contribution is 0.0599. The highest BCUT2D eigenvalue weighted by Gasteiger charge is 2.22. The molecular formula is C15H16N2O4. The molecule has 0 unspecified atom stereocenters. The van der Waals surface area contributed by atoms with Crippen LogP contribution >= 0.6 is 0 Å². The Bertz CT molecular complexity index is 704. The molecule has 3 N–H and O–H groups in total. The van der Waals surface area contributed by atoms with Crippen LogP contribution in [-0.4, -0.2) is 29.1 Å². The highest BCUT2D eigenvalue weighted by Crippen LogP contribution is 2.24. The first-order valence-electron chi connectivity index (χ1n) is 6.32. The van der Waals surface area contributed by atoms with Gasteiger partial charge >= 0.3 is 5.97 Å². The average molecular weight is 288 g/mol. The zero-order chi connectivity index (χ0) is 15.6. The molecule has 21 heavy (non-hydrogen) atoms. The molecule has 0 saturated carbocycles. The number of hydrogen-bond acceptors (Lipinski definition) is 4. The normalized spacial score (nSPS) is 10.2. The summed E-state index contributed by atoms with van der Waals surface area (Å²) in [5, 5.41) is 12.3. The van der Waals surface area contributed by atoms with E-state index in [4.69, 9.17) is 4.74 Å². The fourth-order valence-electron chi connectivity index (χ4n) is 2.15. The molecule has 0 aliphatic heterocycles. The minimum atomic E-state index is -0.497. The molecular weight excluding hydrogens is 272 g/mol. The predicted octanol–water partition coefficient (Wildman–Crippen LogP) is 2.38. The highest BCUT2D eigenvalue weighted by atomic mass is 16.5. The first kappa shape index (κ1) is 14.6. The highest BCUT2D eigenvalue weighted by molar-refractivity contribution is 6.07. The number of phenolic OH excluding ortho intramolecular Hbond substituents is 1. The molecule has 0 fully saturated rings. The van der Waals surface area contributed by atoms with E-state index in [0.717, 1.165) is 0 Å². The molecule has 0 radical (unpaired) electrons. The average Bonchev–Trinajstić information content (AvgIpc) is 2.76. The molecule has 1 amide bonds. The van der Waals surface area contributed by atoms with Gasteiger partial charge in [0.15, 0.2) is 0 Å². The van der Waals surface area contributed by atoms with E-state index < -0.39 is 11.9 Å². The van der Waals surface area contributed by atoms with Crippen molar-refractivity contribution in [1.82, 2.24) is 4.98 Å². The number of hydrogen-bond donors (Lipinski definition) is 3. The number of para-hydroxylation sites is 2. The summed E-state index contributed by atoms with van der Waals surface area (Å²) < 4.78 is 4.70. The SMILES string of the molecule is COC(=O)c1c(C)[nH]c(C(=O)Nc2ccccc2O)c1C. The number of aromatic amines is 1. The molecule has 6 heteroatoms. The number of H-pyrrole nitrogens is 1. The van der Waals surface area contributed by atoms with E-state index in [0.29, 0.717) is 22.5 Å². The Hall–Kier alpha value is -2.76. The van der Waals surface area contributed by atoms with Crippen molar-refractivity contribution in [2.45, 2.75) is 13.8 Å². The van der Waals surface area contributed by atoms with Crippen LogP contribution in [0.25, 0.3) is 0 Å². The maximum atomic E-state index is 12.3. The summed E-state index contributed by atoms with van der Waals surface area (Å²) >= 11 is 0. The van der Waals surface area contributed by atoms with Gasteiger partial charge in [-0.1, -0.05) is 12.1 Å². The standard InChI is InChI=1S/C15H16N2O4/c1-8-12(15(20)21-3)9(2)16-13(8)14(19)17-10-6-4-5-7-11(10)18/h4-7,16,18H,1-3H3,(H,17,19). The van der Waals surface area contributed by atoms with E-state index in [1.807, 2.05) is 0 Å². The largest absolute Gasteiger partial charge is 0.506 e. The summed E-state index contributed by atoms with van der Waals surface area (Å²) in [6, 6.07) is 6.41. The lowest BCUT2D eigenvalue weighted by atomic mass is 10.1. The van der Waals surface area contributed by atoms with Crippen molar-refractivity contribution in [2.24, 2.45) is 0 Å². The lowest BCUT2D eigenvalue weighted by Crippen LogP contribution is -2.14. The molecule has 1 aromatic heterocycles. The van der Waals surface area contributed by atoms with Crippen LogP contribution in [0.1, 0.15) is 32.1 Å². The number of rotatable bonds is 3. The Labute approximate surface area is 121 Å². The summed E-state index contributed by atoms with van der Waals surface area (Å²) in [6.45, 7) is 3.35. The number of aromatic nitrogens is 1. The first-order valence-corrected chi connectivity index (χ1v) is 6.32. The number of carbonyl (C=O) groups is 2. The summed E-state index contributed by atoms with van der Waals surface area (Å²) in [5.41, 5.74) is 1.97. The van der Waals surface area contributed by atoms with E-state index in [9.17, 15) is 14.7 Å². The van der Waals surface area contributed by atoms with E-state index in [-0.39, 0.29) is 11.4 Å². The van der Waals surface area contributed by atoms with Crippen LogP contribution in [0.3, 0.4) is 0 Å². The molecule has 0 aliphatic rings. The van der Waals surface area contributed by atoms with Crippen LogP contribution in [0.15, 0.2) is 24.3 Å². The van der Waals surface area contributed by atoms with Gasteiger partial charge in [-0.05, 0) is 31.5 Å². The zero-order valence-electron chi connectivity index (χ0n) is 12.0. The van der Waals surface area contributed by atoms with Gasteiger partial charge in [0.2, 0.25) is 0 Å². The third-order valence-corrected chi connectivity index (χ3v) is 3.21. The fourth-order valence-corrected chi connectivity index (χ4v) is 2.15. The van der Waals surface area contributed by atoms with E-state index in [1.54, 1.807) is 32.0 Å². The number of amides is 1. The number of carbonyl (C=O) groups excluding carboxylic acids is 2. The van der Waals surface area contributed by atoms with Crippen molar-refractivity contribution >= 4 is 17.6 Å². The monoisotopic (exact) mass is 288 g/mol. The van der Waals surface area contributed by atoms with Crippen molar-refractivity contribution in [1.29, 1.82) is 0 Å². The van der Waals surface area contributed by atoms with Gasteiger partial charge in [-0.15, -0.1) is 0 Å². The summed E-state index contributed by atoms with van der Waals surface area (Å²) in [7, 11) is 1.29. The van der Waals surface area contributed by atoms with Crippen LogP contribution in [-0.2, 0) is 4.74 Å². The minimum absolute atomic E-state index is 0.0278. The molecule has 110 valence electrons. The molecule has 1 aromatic carbocycles. The van der Waals surface area contributed by atoms with Crippen molar-refractivity contribution in [3.63, 3.8) is 0 Å². The topological polar surface area (TPSA) is 91.4 Å². The van der Waals surface area contributed by atoms with Gasteiger partial charge in [0.25, 0.3) is 5.91 Å². The fraction of sp³-hybridized carbons (Fsp3) is 0.200. The minimum Gasteiger partial charge on any atom is -0.506 e. The number of methoxy groups -OCH3 is 1. The van der Waals surface area contributed by atoms with Crippen molar-refractivity contribution in [2.75, 3.05) is 12.4 Å². The molecule has 0 bridgehead atoms. The summed E-state index contributed by atoms with van der Waals surface area (Å²) in [5.74, 6) is -0.963. The number of benzene rings is 1. The number of ether oxygens (including phenoxy) is 1. The van der Waals surface area contributed by atoms with Crippen molar-refractivity contribution in [3.8, 4) is 5.75 Å². The number of esters is 1. The first-order chi connectivity index (χ1) is 9.95. The van der Waals surface area contributed by atoms with Crippen LogP contribution in [0.4, 0.5) is 5.69 Å². The Balaban J connectivity index is 2.33. The lowest BCUT2D eigenvalue weighted by Gasteiger charge is -2.06. The molecule has 0 spiro atoms. The Morgan fingerprint density at radius 2 is 1.90 bits per heavy atom. The van der Waals surface area contributed by atoms with E-state index in [1.165, 1.54) is 13.2 Å². The van der Waals surface area contributed by atoms with Crippen LogP contribution in [0.5, 0.6) is 5.75 Å². The molecule has 2 aromatic rings. The van der Waals surface area contributed by atoms with Crippen LogP contribution in [0.2, 0.25) is 0 Å². The van der Waals surface area contributed by atoms with E-state index in [2.05, 4.69) is 10.3 Å². The molecule has 0 aliphatic carbocycles. The number of anilines is 1. The Morgan fingerprint density at radius 3 is 2.52 bits per heavy atom. The maximum Gasteiger partial charge on any atom is 0.339 e. The second kappa shape index (κ2) is 5.70. The molecule has 0 atom stereocenters. The molecule has 6 nitrogen and oxygen atoms in total. The van der Waals surface area contributed by atoms with Crippen molar-refractivity contribution < 1.29 is 19.4 Å². The van der Waals surface area contributed by atoms with Gasteiger partial charge in [0, 0.05) is 5.69 Å². The zero-order valence-corrected chi connectivity index (χ0v) is 12.0. The predicted molar refractivity (Wildman–Crippen MR) is 77.7 cm³/mol. The van der Waals surface area contributed by atoms with E-state index >= 15 is 0 Å². The number of phenols is 1. The Kier molecular flexibility index (Phi) is 3.98. The number of aryl methyl sites for hydroxylation is 1. The number of nitrogens with one attached hydrogen (secondary N) is 2. The smallest absolute Gasteiger partial charge is 0.339 e. The van der Waals surface area contributed by atoms with Crippen molar-refractivity contribution in [3.05, 3.63) is 46.8 Å². The van der Waals surface area contributed by atoms with Gasteiger partial charge in [-0.3, -0.25) is 4.79 Å². The van der Waals surface area contributed by atoms with Gasteiger partial charge < -0.3 is 20.1 Å². The molecule has 2 rings (SSSR count). The third-order valence-electron chi connectivity index (χ3n) is 3.21. The van der Waals surface area contributed by atoms with Gasteiger partial charge in [-0.2, -0.15) is 0 Å². The van der Waals surface area contributed by atoms with Gasteiger partial charge in [-0.25, -0.2) is 4.79 Å². The molecule has 0 saturated heterocycles. The van der Waals surface area contributed by atoms with Crippen LogP contribution in [0, 0.1) is 13.8 Å². The molecule has 1 heterocycles. The van der Waals surface area contributed by atoms with Gasteiger partial charge in [0.1, 0.15) is 11.4 Å². The maximum absolute atomic E-state index is 12.3. The quantitative estimate of drug-likeness (QED) is 0.597. The third kappa shape index (κ3) is 2.74.